The second-order valence-corrected chi connectivity index (χ2v) is 3.33. The molecule has 6 heavy (non-hydrogen) atoms. The van der Waals surface area contributed by atoms with Gasteiger partial charge in [0.1, 0.15) is 0 Å². The first-order valence-electron chi connectivity index (χ1n) is 0.752. The van der Waals surface area contributed by atoms with Crippen LogP contribution in [0.4, 0.5) is 0 Å². The van der Waals surface area contributed by atoms with Gasteiger partial charge in [-0.25, -0.2) is 0 Å². The number of hydrogen-bond acceptors (Lipinski definition) is 2. The van der Waals surface area contributed by atoms with Crippen molar-refractivity contribution in [1.82, 2.24) is 0 Å². The first kappa shape index (κ1) is 10.1. The Balaban J connectivity index is 0. The van der Waals surface area contributed by atoms with Crippen LogP contribution in [0.15, 0.2) is 0 Å². The van der Waals surface area contributed by atoms with Crippen molar-refractivity contribution >= 4 is 18.2 Å². The molecule has 0 saturated heterocycles. The molecule has 0 rings (SSSR count). The zero-order chi connectivity index (χ0) is 4.50. The molecule has 0 amide bonds. The smallest absolute Gasteiger partial charge is 0.275 e. The van der Waals surface area contributed by atoms with E-state index in [1.165, 1.54) is 8.44 Å². The molecule has 34 valence electrons. The summed E-state index contributed by atoms with van der Waals surface area (Å²) in [6.07, 6.45) is 0. The van der Waals surface area contributed by atoms with Crippen LogP contribution in [0.5, 0.6) is 0 Å². The Morgan fingerprint density at radius 2 is 1.50 bits per heavy atom. The van der Waals surface area contributed by atoms with Crippen LogP contribution >= 0.6 is 8.44 Å². The average molecular weight is 179 g/mol. The molecule has 0 saturated carbocycles. The number of hydrogen-bond donors (Lipinski definition) is 1. The molecule has 1 N–H and O–H groups in total. The van der Waals surface area contributed by atoms with Crippen molar-refractivity contribution in [1.29, 1.82) is 0 Å². The third-order valence-electron chi connectivity index (χ3n) is 0. The predicted molar refractivity (Wildman–Crippen MR) is 21.3 cm³/mol. The van der Waals surface area contributed by atoms with Crippen molar-refractivity contribution in [3.8, 4) is 0 Å². The fourth-order valence-corrected chi connectivity index (χ4v) is 0. The molecule has 0 bridgehead atoms. The summed E-state index contributed by atoms with van der Waals surface area (Å²) in [5, 5.41) is 0. The molecule has 0 aliphatic heterocycles. The summed E-state index contributed by atoms with van der Waals surface area (Å²) in [7, 11) is -2.51. The van der Waals surface area contributed by atoms with E-state index in [1.807, 2.05) is 0 Å². The monoisotopic (exact) mass is 178 g/mol. The molecule has 3 nitrogen and oxygen atoms in total. The van der Waals surface area contributed by atoms with Gasteiger partial charge in [0.2, 0.25) is 0 Å². The molecular weight excluding hydrogens is 176 g/mol. The Hall–Kier alpha value is 0.963. The minimum absolute atomic E-state index is 0. The van der Waals surface area contributed by atoms with Gasteiger partial charge in [-0.05, 0) is 0 Å². The Kier molecular flexibility index (Phi) is 5.08. The van der Waals surface area contributed by atoms with Crippen molar-refractivity contribution in [3.05, 3.63) is 0 Å². The van der Waals surface area contributed by atoms with Gasteiger partial charge in [-0.1, -0.05) is 0 Å². The van der Waals surface area contributed by atoms with E-state index in [-0.39, 0.29) is 19.5 Å². The first-order chi connectivity index (χ1) is 2.00. The minimum atomic E-state index is -3.75. The third kappa shape index (κ3) is 84.0. The van der Waals surface area contributed by atoms with Crippen LogP contribution in [0.25, 0.3) is 0 Å². The second-order valence-electron chi connectivity index (χ2n) is 0.515. The Bertz CT molecular complexity index is 94.0. The average Bonchev–Trinajstić information content (AvgIpc) is 0.722. The van der Waals surface area contributed by atoms with Crippen LogP contribution in [0.2, 0.25) is 0 Å². The minimum Gasteiger partial charge on any atom is -0.283 e. The summed E-state index contributed by atoms with van der Waals surface area (Å²) < 4.78 is 25.8. The van der Waals surface area contributed by atoms with Crippen LogP contribution in [-0.2, 0) is 29.2 Å². The van der Waals surface area contributed by atoms with Crippen molar-refractivity contribution in [2.24, 2.45) is 0 Å². The van der Waals surface area contributed by atoms with Gasteiger partial charge in [-0.15, -0.1) is 0 Å². The van der Waals surface area contributed by atoms with E-state index in [0.717, 1.165) is 0 Å². The van der Waals surface area contributed by atoms with Crippen LogP contribution in [0.1, 0.15) is 0 Å². The molecular formula is H3O3PSZn. The van der Waals surface area contributed by atoms with Crippen molar-refractivity contribution < 1.29 is 32.4 Å². The van der Waals surface area contributed by atoms with Gasteiger partial charge in [0, 0.05) is 27.9 Å². The van der Waals surface area contributed by atoms with E-state index in [0.29, 0.717) is 0 Å². The molecule has 0 heterocycles. The fraction of sp³-hybridized carbons (Fsp3) is 0. The van der Waals surface area contributed by atoms with Gasteiger partial charge in [0.15, 0.2) is 0 Å². The zero-order valence-corrected chi connectivity index (χ0v) is 7.89. The second kappa shape index (κ2) is 3.03. The summed E-state index contributed by atoms with van der Waals surface area (Å²) in [6, 6.07) is 0. The number of rotatable bonds is 0. The largest absolute Gasteiger partial charge is 0.283 e. The molecule has 1 atom stereocenters. The van der Waals surface area contributed by atoms with Crippen LogP contribution < -0.4 is 0 Å². The maximum atomic E-state index is 9.15. The van der Waals surface area contributed by atoms with Crippen LogP contribution in [0, 0.1) is 0 Å². The van der Waals surface area contributed by atoms with Crippen molar-refractivity contribution in [3.63, 3.8) is 0 Å². The maximum Gasteiger partial charge on any atom is 0.275 e. The van der Waals surface area contributed by atoms with Crippen LogP contribution in [-0.4, -0.2) is 13.0 Å². The van der Waals surface area contributed by atoms with Gasteiger partial charge in [-0.3, -0.25) is 4.55 Å². The van der Waals surface area contributed by atoms with E-state index in [1.54, 1.807) is 0 Å². The Morgan fingerprint density at radius 3 is 1.50 bits per heavy atom. The fourth-order valence-electron chi connectivity index (χ4n) is 0. The van der Waals surface area contributed by atoms with E-state index in [9.17, 15) is 0 Å². The zero-order valence-electron chi connectivity index (χ0n) is 2.96. The molecule has 0 aromatic rings. The van der Waals surface area contributed by atoms with E-state index < -0.39 is 9.74 Å². The molecule has 0 aromatic heterocycles. The van der Waals surface area contributed by atoms with Gasteiger partial charge in [0.05, 0.1) is 0 Å². The topological polar surface area (TPSA) is 54.4 Å². The van der Waals surface area contributed by atoms with Crippen LogP contribution in [0.3, 0.4) is 0 Å². The third-order valence-corrected chi connectivity index (χ3v) is 0. The molecule has 0 fully saturated rings. The van der Waals surface area contributed by atoms with Gasteiger partial charge in [0.25, 0.3) is 9.74 Å². The van der Waals surface area contributed by atoms with Gasteiger partial charge >= 0.3 is 0 Å². The molecule has 1 unspecified atom stereocenters. The van der Waals surface area contributed by atoms with E-state index in [4.69, 9.17) is 13.0 Å². The summed E-state index contributed by atoms with van der Waals surface area (Å²) in [5.74, 6) is 0. The molecule has 0 aliphatic rings. The van der Waals surface area contributed by atoms with Gasteiger partial charge in [-0.2, -0.15) is 8.42 Å². The van der Waals surface area contributed by atoms with E-state index in [2.05, 4.69) is 0 Å². The summed E-state index contributed by atoms with van der Waals surface area (Å²) in [4.78, 5) is 0. The van der Waals surface area contributed by atoms with E-state index >= 15 is 0 Å². The predicted octanol–water partition coefficient (Wildman–Crippen LogP) is -0.338. The molecule has 0 radical (unpaired) electrons. The van der Waals surface area contributed by atoms with Gasteiger partial charge < -0.3 is 0 Å². The summed E-state index contributed by atoms with van der Waals surface area (Å²) in [6.45, 7) is 0. The Morgan fingerprint density at radius 1 is 1.50 bits per heavy atom. The molecule has 0 aliphatic carbocycles. The normalized spacial score (nSPS) is 9.67. The maximum absolute atomic E-state index is 9.15. The summed E-state index contributed by atoms with van der Waals surface area (Å²) in [5.41, 5.74) is 0. The summed E-state index contributed by atoms with van der Waals surface area (Å²) >= 11 is 0. The molecule has 0 spiro atoms. The standard InChI is InChI=1S/H3O3PS.Zn/c1-5(2,3)4;/h4H2,(H,1,2,3);. The molecule has 0 aromatic carbocycles. The van der Waals surface area contributed by atoms with Crippen molar-refractivity contribution in [2.75, 3.05) is 0 Å². The SMILES string of the molecule is O=S(=O)(O)P.[Zn]. The van der Waals surface area contributed by atoms with Crippen molar-refractivity contribution in [2.45, 2.75) is 0 Å². The molecule has 6 heteroatoms. The Labute approximate surface area is 51.0 Å². The quantitative estimate of drug-likeness (QED) is 0.315. The first-order valence-corrected chi connectivity index (χ1v) is 3.67.